The summed E-state index contributed by atoms with van der Waals surface area (Å²) < 4.78 is 10.9. The average molecular weight is 248 g/mol. The Kier molecular flexibility index (Phi) is 4.14. The Labute approximate surface area is 105 Å². The Morgan fingerprint density at radius 3 is 2.89 bits per heavy atom. The van der Waals surface area contributed by atoms with Crippen molar-refractivity contribution in [2.75, 3.05) is 19.0 Å². The van der Waals surface area contributed by atoms with Crippen molar-refractivity contribution in [1.82, 2.24) is 15.5 Å². The number of aromatic nitrogens is 2. The number of hydrogen-bond donors (Lipinski definition) is 2. The summed E-state index contributed by atoms with van der Waals surface area (Å²) in [4.78, 5) is 0. The molecule has 0 unspecified atom stereocenters. The number of rotatable bonds is 6. The van der Waals surface area contributed by atoms with Crippen molar-refractivity contribution in [1.29, 1.82) is 0 Å². The van der Waals surface area contributed by atoms with Crippen LogP contribution in [0.5, 0.6) is 5.75 Å². The minimum atomic E-state index is 0.354. The first kappa shape index (κ1) is 12.4. The van der Waals surface area contributed by atoms with Gasteiger partial charge in [-0.15, -0.1) is 5.10 Å². The van der Waals surface area contributed by atoms with Crippen LogP contribution in [0.4, 0.5) is 11.7 Å². The number of nitrogens with one attached hydrogen (secondary N) is 2. The lowest BCUT2D eigenvalue weighted by Crippen LogP contribution is -2.04. The maximum atomic E-state index is 5.50. The van der Waals surface area contributed by atoms with Crippen LogP contribution >= 0.6 is 0 Å². The minimum Gasteiger partial charge on any atom is -0.492 e. The highest BCUT2D eigenvalue weighted by molar-refractivity contribution is 5.61. The second-order valence-electron chi connectivity index (χ2n) is 3.59. The monoisotopic (exact) mass is 248 g/mol. The van der Waals surface area contributed by atoms with E-state index in [4.69, 9.17) is 9.15 Å². The van der Waals surface area contributed by atoms with Crippen LogP contribution in [0.3, 0.4) is 0 Å². The molecule has 0 aliphatic carbocycles. The molecule has 18 heavy (non-hydrogen) atoms. The fraction of sp³-hybridized carbons (Fsp3) is 0.333. The van der Waals surface area contributed by atoms with Gasteiger partial charge in [-0.1, -0.05) is 17.2 Å². The van der Waals surface area contributed by atoms with E-state index in [0.717, 1.165) is 11.4 Å². The molecule has 0 aliphatic rings. The average Bonchev–Trinajstić information content (AvgIpc) is 2.80. The molecule has 0 fully saturated rings. The molecule has 6 nitrogen and oxygen atoms in total. The van der Waals surface area contributed by atoms with E-state index in [2.05, 4.69) is 20.8 Å². The molecule has 0 bridgehead atoms. The van der Waals surface area contributed by atoms with Gasteiger partial charge in [0, 0.05) is 0 Å². The molecule has 1 aromatic heterocycles. The van der Waals surface area contributed by atoms with E-state index in [1.807, 2.05) is 38.2 Å². The Morgan fingerprint density at radius 2 is 2.11 bits per heavy atom. The van der Waals surface area contributed by atoms with Crippen LogP contribution in [0.2, 0.25) is 0 Å². The molecule has 6 heteroatoms. The molecule has 96 valence electrons. The highest BCUT2D eigenvalue weighted by atomic mass is 16.5. The molecule has 0 saturated heterocycles. The van der Waals surface area contributed by atoms with E-state index in [1.165, 1.54) is 0 Å². The van der Waals surface area contributed by atoms with Gasteiger partial charge in [-0.05, 0) is 26.1 Å². The number of ether oxygens (including phenoxy) is 1. The SMILES string of the molecule is CCOc1ccccc1Nc1nnc(CNC)o1. The molecule has 0 amide bonds. The third-order valence-electron chi connectivity index (χ3n) is 2.22. The van der Waals surface area contributed by atoms with E-state index >= 15 is 0 Å². The van der Waals surface area contributed by atoms with Crippen molar-refractivity contribution in [3.05, 3.63) is 30.2 Å². The van der Waals surface area contributed by atoms with Gasteiger partial charge in [0.2, 0.25) is 5.89 Å². The zero-order chi connectivity index (χ0) is 12.8. The predicted molar refractivity (Wildman–Crippen MR) is 68.0 cm³/mol. The fourth-order valence-corrected chi connectivity index (χ4v) is 1.49. The first-order chi connectivity index (χ1) is 8.83. The summed E-state index contributed by atoms with van der Waals surface area (Å²) in [7, 11) is 1.82. The number of nitrogens with zero attached hydrogens (tertiary/aromatic N) is 2. The molecule has 0 radical (unpaired) electrons. The molecule has 0 atom stereocenters. The lowest BCUT2D eigenvalue weighted by molar-refractivity contribution is 0.341. The van der Waals surface area contributed by atoms with E-state index < -0.39 is 0 Å². The highest BCUT2D eigenvalue weighted by Gasteiger charge is 2.08. The summed E-state index contributed by atoms with van der Waals surface area (Å²) in [5.41, 5.74) is 0.805. The van der Waals surface area contributed by atoms with Crippen molar-refractivity contribution >= 4 is 11.7 Å². The van der Waals surface area contributed by atoms with E-state index in [1.54, 1.807) is 0 Å². The first-order valence-corrected chi connectivity index (χ1v) is 5.79. The Balaban J connectivity index is 2.12. The zero-order valence-corrected chi connectivity index (χ0v) is 10.4. The van der Waals surface area contributed by atoms with Gasteiger partial charge in [0.25, 0.3) is 0 Å². The second-order valence-corrected chi connectivity index (χ2v) is 3.59. The molecule has 0 saturated carbocycles. The van der Waals surface area contributed by atoms with Crippen molar-refractivity contribution in [2.45, 2.75) is 13.5 Å². The summed E-state index contributed by atoms with van der Waals surface area (Å²) in [5.74, 6) is 1.29. The lowest BCUT2D eigenvalue weighted by Gasteiger charge is -2.08. The maximum Gasteiger partial charge on any atom is 0.320 e. The number of benzene rings is 1. The number of anilines is 2. The van der Waals surface area contributed by atoms with Crippen LogP contribution < -0.4 is 15.4 Å². The van der Waals surface area contributed by atoms with Crippen LogP contribution in [0.15, 0.2) is 28.7 Å². The van der Waals surface area contributed by atoms with Crippen LogP contribution in [-0.4, -0.2) is 23.9 Å². The Morgan fingerprint density at radius 1 is 1.28 bits per heavy atom. The molecule has 1 aromatic carbocycles. The summed E-state index contributed by atoms with van der Waals surface area (Å²) in [6.07, 6.45) is 0. The molecule has 2 aromatic rings. The lowest BCUT2D eigenvalue weighted by atomic mass is 10.3. The van der Waals surface area contributed by atoms with Gasteiger partial charge in [-0.3, -0.25) is 0 Å². The maximum absolute atomic E-state index is 5.50. The van der Waals surface area contributed by atoms with Crippen LogP contribution in [0.1, 0.15) is 12.8 Å². The third-order valence-corrected chi connectivity index (χ3v) is 2.22. The number of hydrogen-bond acceptors (Lipinski definition) is 6. The molecule has 0 spiro atoms. The zero-order valence-electron chi connectivity index (χ0n) is 10.4. The fourth-order valence-electron chi connectivity index (χ4n) is 1.49. The van der Waals surface area contributed by atoms with Crippen LogP contribution in [0, 0.1) is 0 Å². The van der Waals surface area contributed by atoms with Crippen molar-refractivity contribution < 1.29 is 9.15 Å². The predicted octanol–water partition coefficient (Wildman–Crippen LogP) is 1.93. The van der Waals surface area contributed by atoms with Crippen LogP contribution in [0.25, 0.3) is 0 Å². The van der Waals surface area contributed by atoms with E-state index in [9.17, 15) is 0 Å². The summed E-state index contributed by atoms with van der Waals surface area (Å²) in [6, 6.07) is 7.96. The molecular weight excluding hydrogens is 232 g/mol. The largest absolute Gasteiger partial charge is 0.492 e. The van der Waals surface area contributed by atoms with Gasteiger partial charge >= 0.3 is 6.01 Å². The molecular formula is C12H16N4O2. The highest BCUT2D eigenvalue weighted by Crippen LogP contribution is 2.26. The first-order valence-electron chi connectivity index (χ1n) is 5.79. The van der Waals surface area contributed by atoms with Gasteiger partial charge in [0.05, 0.1) is 18.8 Å². The molecule has 2 rings (SSSR count). The van der Waals surface area contributed by atoms with Crippen LogP contribution in [-0.2, 0) is 6.54 Å². The Bertz CT molecular complexity index is 498. The van der Waals surface area contributed by atoms with Crippen molar-refractivity contribution in [3.63, 3.8) is 0 Å². The van der Waals surface area contributed by atoms with Gasteiger partial charge in [-0.25, -0.2) is 0 Å². The normalized spacial score (nSPS) is 10.3. The molecule has 0 aliphatic heterocycles. The third kappa shape index (κ3) is 2.98. The minimum absolute atomic E-state index is 0.354. The van der Waals surface area contributed by atoms with Crippen molar-refractivity contribution in [2.24, 2.45) is 0 Å². The summed E-state index contributed by atoms with van der Waals surface area (Å²) >= 11 is 0. The Hall–Kier alpha value is -2.08. The quantitative estimate of drug-likeness (QED) is 0.813. The van der Waals surface area contributed by atoms with Gasteiger partial charge in [0.1, 0.15) is 5.75 Å². The second kappa shape index (κ2) is 6.02. The standard InChI is InChI=1S/C12H16N4O2/c1-3-17-10-7-5-4-6-9(10)14-12-16-15-11(18-12)8-13-2/h4-7,13H,3,8H2,1-2H3,(H,14,16). The molecule has 1 heterocycles. The topological polar surface area (TPSA) is 72.2 Å². The molecule has 2 N–H and O–H groups in total. The summed E-state index contributed by atoms with van der Waals surface area (Å²) in [5, 5.41) is 13.8. The summed E-state index contributed by atoms with van der Waals surface area (Å²) in [6.45, 7) is 3.09. The van der Waals surface area contributed by atoms with Gasteiger partial charge < -0.3 is 19.8 Å². The van der Waals surface area contributed by atoms with Crippen molar-refractivity contribution in [3.8, 4) is 5.75 Å². The van der Waals surface area contributed by atoms with Gasteiger partial charge in [-0.2, -0.15) is 0 Å². The van der Waals surface area contributed by atoms with E-state index in [-0.39, 0.29) is 0 Å². The van der Waals surface area contributed by atoms with Gasteiger partial charge in [0.15, 0.2) is 0 Å². The number of para-hydroxylation sites is 2. The smallest absolute Gasteiger partial charge is 0.320 e. The van der Waals surface area contributed by atoms with E-state index in [0.29, 0.717) is 25.1 Å².